The fourth-order valence-corrected chi connectivity index (χ4v) is 4.32. The SMILES string of the molecule is COc1cc2cc(C(=O)Nc3ccc4c(ccn4C)c3)n(Cc3cccc(F)c3)c2cc1OC. The highest BCUT2D eigenvalue weighted by molar-refractivity contribution is 6.07. The number of nitrogens with zero attached hydrogens (tertiary/aromatic N) is 2. The maximum atomic E-state index is 13.9. The molecule has 2 aromatic heterocycles. The number of aromatic nitrogens is 2. The van der Waals surface area contributed by atoms with E-state index in [1.54, 1.807) is 20.3 Å². The molecule has 6 nitrogen and oxygen atoms in total. The zero-order valence-corrected chi connectivity index (χ0v) is 19.1. The summed E-state index contributed by atoms with van der Waals surface area (Å²) in [6.07, 6.45) is 1.98. The second-order valence-electron chi connectivity index (χ2n) is 8.17. The highest BCUT2D eigenvalue weighted by atomic mass is 19.1. The first-order valence-corrected chi connectivity index (χ1v) is 10.8. The van der Waals surface area contributed by atoms with E-state index in [-0.39, 0.29) is 11.7 Å². The molecule has 2 heterocycles. The molecule has 0 saturated carbocycles. The largest absolute Gasteiger partial charge is 0.493 e. The zero-order chi connectivity index (χ0) is 23.8. The lowest BCUT2D eigenvalue weighted by molar-refractivity contribution is 0.101. The number of benzene rings is 3. The topological polar surface area (TPSA) is 57.4 Å². The summed E-state index contributed by atoms with van der Waals surface area (Å²) in [5.41, 5.74) is 3.75. The van der Waals surface area contributed by atoms with Crippen LogP contribution in [0, 0.1) is 5.82 Å². The van der Waals surface area contributed by atoms with Gasteiger partial charge in [0.2, 0.25) is 0 Å². The lowest BCUT2D eigenvalue weighted by Gasteiger charge is -2.13. The minimum atomic E-state index is -0.324. The van der Waals surface area contributed by atoms with E-state index in [9.17, 15) is 9.18 Å². The molecule has 0 fully saturated rings. The normalized spacial score (nSPS) is 11.2. The molecule has 0 aliphatic heterocycles. The van der Waals surface area contributed by atoms with Gasteiger partial charge in [0, 0.05) is 47.8 Å². The third-order valence-corrected chi connectivity index (χ3v) is 6.01. The van der Waals surface area contributed by atoms with Gasteiger partial charge in [-0.2, -0.15) is 0 Å². The number of ether oxygens (including phenoxy) is 2. The second kappa shape index (κ2) is 8.59. The first-order valence-electron chi connectivity index (χ1n) is 10.8. The Morgan fingerprint density at radius 1 is 0.912 bits per heavy atom. The smallest absolute Gasteiger partial charge is 0.272 e. The van der Waals surface area contributed by atoms with Gasteiger partial charge in [-0.3, -0.25) is 4.79 Å². The highest BCUT2D eigenvalue weighted by Gasteiger charge is 2.19. The third-order valence-electron chi connectivity index (χ3n) is 6.01. The average molecular weight is 458 g/mol. The van der Waals surface area contributed by atoms with Crippen LogP contribution in [0.5, 0.6) is 11.5 Å². The van der Waals surface area contributed by atoms with Crippen LogP contribution in [0.1, 0.15) is 16.1 Å². The van der Waals surface area contributed by atoms with Crippen molar-refractivity contribution in [3.63, 3.8) is 0 Å². The van der Waals surface area contributed by atoms with E-state index in [0.29, 0.717) is 29.4 Å². The van der Waals surface area contributed by atoms with Crippen molar-refractivity contribution in [3.8, 4) is 11.5 Å². The summed E-state index contributed by atoms with van der Waals surface area (Å²) in [5.74, 6) is 0.533. The number of carbonyl (C=O) groups is 1. The standard InChI is InChI=1S/C27H24FN3O3/c1-30-10-9-18-12-21(7-8-22(18)30)29-27(32)24-13-19-14-25(33-2)26(34-3)15-23(19)31(24)16-17-5-4-6-20(28)11-17/h4-15H,16H2,1-3H3,(H,29,32). The van der Waals surface area contributed by atoms with Crippen LogP contribution in [0.15, 0.2) is 72.9 Å². The summed E-state index contributed by atoms with van der Waals surface area (Å²) in [6, 6.07) is 19.7. The molecule has 0 unspecified atom stereocenters. The summed E-state index contributed by atoms with van der Waals surface area (Å²) < 4.78 is 28.7. The van der Waals surface area contributed by atoms with E-state index < -0.39 is 0 Å². The Hall–Kier alpha value is -4.26. The molecule has 7 heteroatoms. The number of nitrogens with one attached hydrogen (secondary N) is 1. The number of carbonyl (C=O) groups excluding carboxylic acids is 1. The Morgan fingerprint density at radius 2 is 1.71 bits per heavy atom. The molecular weight excluding hydrogens is 433 g/mol. The van der Waals surface area contributed by atoms with E-state index >= 15 is 0 Å². The van der Waals surface area contributed by atoms with Crippen LogP contribution < -0.4 is 14.8 Å². The van der Waals surface area contributed by atoms with Crippen molar-refractivity contribution in [2.45, 2.75) is 6.54 Å². The molecule has 1 amide bonds. The summed E-state index contributed by atoms with van der Waals surface area (Å²) in [4.78, 5) is 13.4. The molecule has 0 spiro atoms. The molecule has 34 heavy (non-hydrogen) atoms. The van der Waals surface area contributed by atoms with Gasteiger partial charge < -0.3 is 23.9 Å². The van der Waals surface area contributed by atoms with Crippen molar-refractivity contribution in [2.24, 2.45) is 7.05 Å². The molecule has 0 bridgehead atoms. The predicted molar refractivity (Wildman–Crippen MR) is 131 cm³/mol. The highest BCUT2D eigenvalue weighted by Crippen LogP contribution is 2.34. The van der Waals surface area contributed by atoms with Crippen molar-refractivity contribution in [1.29, 1.82) is 0 Å². The van der Waals surface area contributed by atoms with Crippen LogP contribution in [0.3, 0.4) is 0 Å². The number of hydrogen-bond donors (Lipinski definition) is 1. The van der Waals surface area contributed by atoms with Crippen LogP contribution in [-0.4, -0.2) is 29.3 Å². The average Bonchev–Trinajstić information content (AvgIpc) is 3.38. The number of methoxy groups -OCH3 is 2. The maximum Gasteiger partial charge on any atom is 0.272 e. The summed E-state index contributed by atoms with van der Waals surface area (Å²) in [6.45, 7) is 0.317. The van der Waals surface area contributed by atoms with E-state index in [0.717, 1.165) is 27.4 Å². The van der Waals surface area contributed by atoms with Gasteiger partial charge in [-0.15, -0.1) is 0 Å². The molecule has 1 N–H and O–H groups in total. The van der Waals surface area contributed by atoms with Gasteiger partial charge in [0.1, 0.15) is 11.5 Å². The lowest BCUT2D eigenvalue weighted by atomic mass is 10.2. The number of halogens is 1. The van der Waals surface area contributed by atoms with Gasteiger partial charge in [-0.1, -0.05) is 12.1 Å². The molecule has 0 radical (unpaired) electrons. The van der Waals surface area contributed by atoms with Gasteiger partial charge in [-0.25, -0.2) is 4.39 Å². The van der Waals surface area contributed by atoms with E-state index in [1.165, 1.54) is 12.1 Å². The van der Waals surface area contributed by atoms with Gasteiger partial charge in [-0.05, 0) is 54.1 Å². The molecular formula is C27H24FN3O3. The van der Waals surface area contributed by atoms with E-state index in [1.807, 2.05) is 70.9 Å². The molecule has 0 aliphatic carbocycles. The van der Waals surface area contributed by atoms with Gasteiger partial charge in [0.15, 0.2) is 11.5 Å². The summed E-state index contributed by atoms with van der Waals surface area (Å²) in [5, 5.41) is 4.86. The number of amides is 1. The number of aryl methyl sites for hydroxylation is 1. The molecule has 5 aromatic rings. The first-order chi connectivity index (χ1) is 16.5. The third kappa shape index (κ3) is 3.85. The van der Waals surface area contributed by atoms with Gasteiger partial charge in [0.25, 0.3) is 5.91 Å². The summed E-state index contributed by atoms with van der Waals surface area (Å²) in [7, 11) is 5.12. The fourth-order valence-electron chi connectivity index (χ4n) is 4.32. The Morgan fingerprint density at radius 3 is 2.47 bits per heavy atom. The Bertz CT molecular complexity index is 1530. The second-order valence-corrected chi connectivity index (χ2v) is 8.17. The summed E-state index contributed by atoms with van der Waals surface area (Å²) >= 11 is 0. The fraction of sp³-hybridized carbons (Fsp3) is 0.148. The van der Waals surface area contributed by atoms with Crippen LogP contribution in [0.2, 0.25) is 0 Å². The minimum absolute atomic E-state index is 0.263. The molecule has 3 aromatic carbocycles. The van der Waals surface area contributed by atoms with E-state index in [2.05, 4.69) is 5.32 Å². The van der Waals surface area contributed by atoms with Crippen LogP contribution in [-0.2, 0) is 13.6 Å². The van der Waals surface area contributed by atoms with Crippen LogP contribution in [0.25, 0.3) is 21.8 Å². The van der Waals surface area contributed by atoms with Crippen molar-refractivity contribution in [2.75, 3.05) is 19.5 Å². The molecule has 0 atom stereocenters. The maximum absolute atomic E-state index is 13.9. The molecule has 0 aliphatic rings. The number of fused-ring (bicyclic) bond motifs is 2. The Kier molecular flexibility index (Phi) is 5.45. The lowest BCUT2D eigenvalue weighted by Crippen LogP contribution is -2.17. The first kappa shape index (κ1) is 21.6. The van der Waals surface area contributed by atoms with Crippen molar-refractivity contribution >= 4 is 33.4 Å². The molecule has 0 saturated heterocycles. The van der Waals surface area contributed by atoms with Crippen LogP contribution in [0.4, 0.5) is 10.1 Å². The van der Waals surface area contributed by atoms with E-state index in [4.69, 9.17) is 9.47 Å². The Balaban J connectivity index is 1.59. The monoisotopic (exact) mass is 457 g/mol. The molecule has 172 valence electrons. The zero-order valence-electron chi connectivity index (χ0n) is 19.1. The quantitative estimate of drug-likeness (QED) is 0.362. The number of anilines is 1. The number of hydrogen-bond acceptors (Lipinski definition) is 3. The van der Waals surface area contributed by atoms with Crippen molar-refractivity contribution in [3.05, 3.63) is 90.0 Å². The number of rotatable bonds is 6. The molecule has 5 rings (SSSR count). The van der Waals surface area contributed by atoms with Crippen molar-refractivity contribution in [1.82, 2.24) is 9.13 Å². The Labute approximate surface area is 196 Å². The van der Waals surface area contributed by atoms with Gasteiger partial charge in [0.05, 0.1) is 19.7 Å². The van der Waals surface area contributed by atoms with Crippen molar-refractivity contribution < 1.29 is 18.7 Å². The minimum Gasteiger partial charge on any atom is -0.493 e. The van der Waals surface area contributed by atoms with Crippen LogP contribution >= 0.6 is 0 Å². The van der Waals surface area contributed by atoms with Gasteiger partial charge >= 0.3 is 0 Å². The predicted octanol–water partition coefficient (Wildman–Crippen LogP) is 5.59.